The fourth-order valence-corrected chi connectivity index (χ4v) is 4.95. The molecule has 0 saturated carbocycles. The van der Waals surface area contributed by atoms with Crippen LogP contribution in [0.4, 0.5) is 0 Å². The van der Waals surface area contributed by atoms with E-state index in [4.69, 9.17) is 0 Å². The molecule has 0 atom stereocenters. The normalized spacial score (nSPS) is 15.7. The average Bonchev–Trinajstić information content (AvgIpc) is 3.37. The summed E-state index contributed by atoms with van der Waals surface area (Å²) in [6.07, 6.45) is 7.84. The Morgan fingerprint density at radius 1 is 0.487 bits per heavy atom. The number of hydrogen-bond donors (Lipinski definition) is 1. The SMILES string of the molecule is O=C1C(=CC=CC=CC2=C(O)c3cc(-c4ccccc4)ccc3C2=O)C(=O)c2cc(-c3ccccc3)ccc21. The van der Waals surface area contributed by atoms with Crippen molar-refractivity contribution in [1.29, 1.82) is 0 Å². The highest BCUT2D eigenvalue weighted by Gasteiger charge is 2.33. The molecular weight excluding hydrogens is 484 g/mol. The average molecular weight is 507 g/mol. The van der Waals surface area contributed by atoms with Gasteiger partial charge in [-0.3, -0.25) is 14.4 Å². The molecule has 0 amide bonds. The second-order valence-electron chi connectivity index (χ2n) is 9.33. The summed E-state index contributed by atoms with van der Waals surface area (Å²) in [6, 6.07) is 30.2. The lowest BCUT2D eigenvalue weighted by Gasteiger charge is -2.05. The first-order chi connectivity index (χ1) is 19.0. The van der Waals surface area contributed by atoms with E-state index in [2.05, 4.69) is 0 Å². The molecule has 6 rings (SSSR count). The number of fused-ring (bicyclic) bond motifs is 2. The lowest BCUT2D eigenvalue weighted by Crippen LogP contribution is -1.99. The highest BCUT2D eigenvalue weighted by molar-refractivity contribution is 6.39. The van der Waals surface area contributed by atoms with Crippen molar-refractivity contribution < 1.29 is 19.5 Å². The molecular formula is C35H22O4. The Bertz CT molecular complexity index is 1790. The van der Waals surface area contributed by atoms with Gasteiger partial charge in [0.05, 0.1) is 11.1 Å². The van der Waals surface area contributed by atoms with Crippen LogP contribution in [0.5, 0.6) is 0 Å². The van der Waals surface area contributed by atoms with Crippen molar-refractivity contribution in [1.82, 2.24) is 0 Å². The lowest BCUT2D eigenvalue weighted by molar-refractivity contribution is 0.0986. The number of ketones is 3. The van der Waals surface area contributed by atoms with Crippen molar-refractivity contribution in [2.24, 2.45) is 0 Å². The minimum atomic E-state index is -0.308. The maximum atomic E-state index is 13.0. The topological polar surface area (TPSA) is 71.4 Å². The lowest BCUT2D eigenvalue weighted by atomic mass is 10.00. The van der Waals surface area contributed by atoms with Crippen LogP contribution < -0.4 is 0 Å². The van der Waals surface area contributed by atoms with Gasteiger partial charge in [0.15, 0.2) is 17.3 Å². The summed E-state index contributed by atoms with van der Waals surface area (Å²) >= 11 is 0. The number of allylic oxidation sites excluding steroid dienone is 7. The number of carbonyl (C=O) groups excluding carboxylic acids is 3. The molecule has 2 aliphatic rings. The summed E-state index contributed by atoms with van der Waals surface area (Å²) < 4.78 is 0. The van der Waals surface area contributed by atoms with Crippen LogP contribution in [0.15, 0.2) is 139 Å². The maximum Gasteiger partial charge on any atom is 0.197 e. The van der Waals surface area contributed by atoms with Crippen molar-refractivity contribution in [3.8, 4) is 22.3 Å². The second kappa shape index (κ2) is 9.84. The van der Waals surface area contributed by atoms with Crippen LogP contribution in [-0.4, -0.2) is 22.5 Å². The number of benzene rings is 4. The van der Waals surface area contributed by atoms with E-state index in [1.54, 1.807) is 36.4 Å². The van der Waals surface area contributed by atoms with Gasteiger partial charge in [0, 0.05) is 22.3 Å². The highest BCUT2D eigenvalue weighted by Crippen LogP contribution is 2.35. The van der Waals surface area contributed by atoms with Gasteiger partial charge >= 0.3 is 0 Å². The quantitative estimate of drug-likeness (QED) is 0.172. The Morgan fingerprint density at radius 2 is 1.03 bits per heavy atom. The number of aliphatic hydroxyl groups excluding tert-OH is 1. The summed E-state index contributed by atoms with van der Waals surface area (Å²) in [6.45, 7) is 0. The zero-order chi connectivity index (χ0) is 26.9. The van der Waals surface area contributed by atoms with Crippen LogP contribution in [0.1, 0.15) is 36.6 Å². The number of aliphatic hydroxyl groups is 1. The molecule has 1 N–H and O–H groups in total. The molecule has 39 heavy (non-hydrogen) atoms. The first-order valence-electron chi connectivity index (χ1n) is 12.5. The predicted octanol–water partition coefficient (Wildman–Crippen LogP) is 7.60. The van der Waals surface area contributed by atoms with Crippen molar-refractivity contribution in [3.05, 3.63) is 161 Å². The van der Waals surface area contributed by atoms with Crippen LogP contribution in [-0.2, 0) is 0 Å². The fourth-order valence-electron chi connectivity index (χ4n) is 4.95. The first-order valence-corrected chi connectivity index (χ1v) is 12.5. The third-order valence-electron chi connectivity index (χ3n) is 6.98. The monoisotopic (exact) mass is 506 g/mol. The Balaban J connectivity index is 1.20. The van der Waals surface area contributed by atoms with Gasteiger partial charge in [-0.25, -0.2) is 0 Å². The van der Waals surface area contributed by atoms with Crippen LogP contribution in [0.2, 0.25) is 0 Å². The summed E-state index contributed by atoms with van der Waals surface area (Å²) in [5, 5.41) is 10.8. The Hall–Kier alpha value is -5.35. The van der Waals surface area contributed by atoms with E-state index < -0.39 is 0 Å². The zero-order valence-corrected chi connectivity index (χ0v) is 20.8. The van der Waals surface area contributed by atoms with Gasteiger partial charge in [-0.05, 0) is 58.7 Å². The summed E-state index contributed by atoms with van der Waals surface area (Å²) in [5.41, 5.74) is 5.80. The molecule has 2 aliphatic carbocycles. The third kappa shape index (κ3) is 4.28. The molecule has 0 unspecified atom stereocenters. The minimum Gasteiger partial charge on any atom is -0.507 e. The molecule has 0 fully saturated rings. The van der Waals surface area contributed by atoms with E-state index in [0.717, 1.165) is 22.3 Å². The number of carbonyl (C=O) groups is 3. The molecule has 0 heterocycles. The number of Topliss-reactive ketones (excluding diaryl/α,β-unsaturated/α-hetero) is 3. The molecule has 0 saturated heterocycles. The fraction of sp³-hybridized carbons (Fsp3) is 0. The van der Waals surface area contributed by atoms with Gasteiger partial charge < -0.3 is 5.11 Å². The first kappa shape index (κ1) is 24.0. The molecule has 0 spiro atoms. The summed E-state index contributed by atoms with van der Waals surface area (Å²) in [5.74, 6) is -0.936. The molecule has 4 aromatic rings. The van der Waals surface area contributed by atoms with E-state index in [1.165, 1.54) is 12.2 Å². The van der Waals surface area contributed by atoms with Gasteiger partial charge in [0.25, 0.3) is 0 Å². The van der Waals surface area contributed by atoms with E-state index in [9.17, 15) is 19.5 Å². The van der Waals surface area contributed by atoms with E-state index >= 15 is 0 Å². The van der Waals surface area contributed by atoms with Crippen molar-refractivity contribution >= 4 is 23.1 Å². The largest absolute Gasteiger partial charge is 0.507 e. The van der Waals surface area contributed by atoms with Gasteiger partial charge in [-0.2, -0.15) is 0 Å². The maximum absolute atomic E-state index is 13.0. The van der Waals surface area contributed by atoms with Crippen molar-refractivity contribution in [2.45, 2.75) is 0 Å². The van der Waals surface area contributed by atoms with E-state index in [-0.39, 0.29) is 34.3 Å². The Labute approximate surface area is 225 Å². The van der Waals surface area contributed by atoms with Crippen molar-refractivity contribution in [3.63, 3.8) is 0 Å². The zero-order valence-electron chi connectivity index (χ0n) is 20.8. The minimum absolute atomic E-state index is 0.0680. The molecule has 0 aliphatic heterocycles. The highest BCUT2D eigenvalue weighted by atomic mass is 16.3. The van der Waals surface area contributed by atoms with Gasteiger partial charge in [-0.1, -0.05) is 91.0 Å². The molecule has 0 aromatic heterocycles. The van der Waals surface area contributed by atoms with Crippen LogP contribution in [0.3, 0.4) is 0 Å². The molecule has 0 bridgehead atoms. The van der Waals surface area contributed by atoms with E-state index in [1.807, 2.05) is 78.9 Å². The second-order valence-corrected chi connectivity index (χ2v) is 9.33. The molecule has 186 valence electrons. The Kier molecular flexibility index (Phi) is 6.06. The van der Waals surface area contributed by atoms with Crippen LogP contribution in [0, 0.1) is 0 Å². The smallest absolute Gasteiger partial charge is 0.197 e. The summed E-state index contributed by atoms with van der Waals surface area (Å²) in [7, 11) is 0. The van der Waals surface area contributed by atoms with Crippen LogP contribution in [0.25, 0.3) is 28.0 Å². The van der Waals surface area contributed by atoms with Gasteiger partial charge in [0.1, 0.15) is 5.76 Å². The van der Waals surface area contributed by atoms with Gasteiger partial charge in [0.2, 0.25) is 0 Å². The molecule has 0 radical (unpaired) electrons. The van der Waals surface area contributed by atoms with Crippen LogP contribution >= 0.6 is 0 Å². The predicted molar refractivity (Wildman–Crippen MR) is 153 cm³/mol. The number of hydrogen-bond acceptors (Lipinski definition) is 4. The summed E-state index contributed by atoms with van der Waals surface area (Å²) in [4.78, 5) is 38.7. The van der Waals surface area contributed by atoms with Gasteiger partial charge in [-0.15, -0.1) is 0 Å². The van der Waals surface area contributed by atoms with Crippen molar-refractivity contribution in [2.75, 3.05) is 0 Å². The standard InChI is InChI=1S/C35H22O4/c36-32-26-18-16-24(22-10-4-1-5-11-22)20-30(26)34(38)28(32)14-8-3-9-15-29-33(37)27-19-17-25(21-31(27)35(29)39)23-12-6-2-7-13-23/h1-21,38H. The third-order valence-corrected chi connectivity index (χ3v) is 6.98. The van der Waals surface area contributed by atoms with E-state index in [0.29, 0.717) is 22.3 Å². The molecule has 4 aromatic carbocycles. The molecule has 4 nitrogen and oxygen atoms in total. The number of rotatable bonds is 5. The Morgan fingerprint density at radius 3 is 1.64 bits per heavy atom. The molecule has 4 heteroatoms.